The lowest BCUT2D eigenvalue weighted by atomic mass is 9.85. The molecule has 29 heavy (non-hydrogen) atoms. The highest BCUT2D eigenvalue weighted by molar-refractivity contribution is 7.87. The van der Waals surface area contributed by atoms with E-state index in [9.17, 15) is 39.6 Å². The molecule has 166 valence electrons. The van der Waals surface area contributed by atoms with Gasteiger partial charge in [0.05, 0.1) is 5.69 Å². The Bertz CT molecular complexity index is 861. The van der Waals surface area contributed by atoms with Crippen LogP contribution >= 0.6 is 0 Å². The molecular weight excluding hydrogens is 434 g/mol. The van der Waals surface area contributed by atoms with E-state index < -0.39 is 56.4 Å². The van der Waals surface area contributed by atoms with Gasteiger partial charge in [0.15, 0.2) is 0 Å². The minimum atomic E-state index is -5.81. The van der Waals surface area contributed by atoms with Crippen molar-refractivity contribution in [1.82, 2.24) is 5.32 Å². The summed E-state index contributed by atoms with van der Waals surface area (Å²) in [6, 6.07) is 1.17. The van der Waals surface area contributed by atoms with Crippen LogP contribution in [0.1, 0.15) is 26.3 Å². The molecule has 0 saturated heterocycles. The normalized spacial score (nSPS) is 13.3. The zero-order chi connectivity index (χ0) is 23.0. The Morgan fingerprint density at radius 1 is 1.07 bits per heavy atom. The average molecular weight is 452 g/mol. The summed E-state index contributed by atoms with van der Waals surface area (Å²) in [6.07, 6.45) is -17.2. The van der Waals surface area contributed by atoms with Crippen LogP contribution in [0.4, 0.5) is 36.8 Å². The maximum atomic E-state index is 12.8. The van der Waals surface area contributed by atoms with Crippen molar-refractivity contribution in [3.05, 3.63) is 17.7 Å². The molecule has 1 aromatic carbocycles. The van der Waals surface area contributed by atoms with E-state index in [4.69, 9.17) is 5.73 Å². The summed E-state index contributed by atoms with van der Waals surface area (Å²) in [7, 11) is -3.73. The standard InChI is InChI=1S/C15H18F6N2O5S/c1-13(2,3)9-8(29(25,26)28-12(24)23-4)6-5-7(10(9)22)27-11(14(16,17)18)15(19,20)21/h5-6,11H,22H2,1-4H3,(H,23,24). The Balaban J connectivity index is 3.64. The topological polar surface area (TPSA) is 108 Å². The predicted octanol–water partition coefficient (Wildman–Crippen LogP) is 3.48. The fourth-order valence-electron chi connectivity index (χ4n) is 2.30. The van der Waals surface area contributed by atoms with E-state index in [0.29, 0.717) is 12.1 Å². The molecule has 0 saturated carbocycles. The first-order chi connectivity index (χ1) is 12.8. The maximum absolute atomic E-state index is 12.8. The zero-order valence-electron chi connectivity index (χ0n) is 15.5. The molecule has 0 aliphatic carbocycles. The number of amides is 1. The smallest absolute Gasteiger partial charge is 0.434 e. The molecule has 0 unspecified atom stereocenters. The van der Waals surface area contributed by atoms with Crippen molar-refractivity contribution in [1.29, 1.82) is 0 Å². The van der Waals surface area contributed by atoms with Crippen molar-refractivity contribution < 1.29 is 48.5 Å². The highest BCUT2D eigenvalue weighted by Gasteiger charge is 2.59. The Labute approximate surface area is 162 Å². The quantitative estimate of drug-likeness (QED) is 0.412. The Morgan fingerprint density at radius 3 is 1.93 bits per heavy atom. The van der Waals surface area contributed by atoms with Gasteiger partial charge in [0.1, 0.15) is 10.6 Å². The average Bonchev–Trinajstić information content (AvgIpc) is 2.49. The van der Waals surface area contributed by atoms with Gasteiger partial charge in [0, 0.05) is 12.6 Å². The van der Waals surface area contributed by atoms with Crippen molar-refractivity contribution >= 4 is 21.9 Å². The number of nitrogen functional groups attached to an aromatic ring is 1. The third-order valence-electron chi connectivity index (χ3n) is 3.42. The molecule has 1 aromatic rings. The van der Waals surface area contributed by atoms with Gasteiger partial charge in [-0.05, 0) is 17.5 Å². The second-order valence-corrected chi connectivity index (χ2v) is 8.27. The fraction of sp³-hybridized carbons (Fsp3) is 0.533. The number of nitrogens with one attached hydrogen (secondary N) is 1. The summed E-state index contributed by atoms with van der Waals surface area (Å²) >= 11 is 0. The van der Waals surface area contributed by atoms with Crippen LogP contribution in [0.2, 0.25) is 0 Å². The highest BCUT2D eigenvalue weighted by Crippen LogP contribution is 2.43. The van der Waals surface area contributed by atoms with Crippen LogP contribution in [0, 0.1) is 0 Å². The lowest BCUT2D eigenvalue weighted by molar-refractivity contribution is -0.299. The summed E-state index contributed by atoms with van der Waals surface area (Å²) in [5, 5.41) is 1.89. The molecule has 0 aliphatic heterocycles. The van der Waals surface area contributed by atoms with E-state index in [2.05, 4.69) is 8.92 Å². The minimum absolute atomic E-state index is 0.387. The van der Waals surface area contributed by atoms with E-state index in [0.717, 1.165) is 7.05 Å². The van der Waals surface area contributed by atoms with E-state index in [1.807, 2.05) is 5.32 Å². The number of carbonyl (C=O) groups is 1. The molecule has 0 spiro atoms. The zero-order valence-corrected chi connectivity index (χ0v) is 16.3. The molecule has 0 fully saturated rings. The number of nitrogens with two attached hydrogens (primary N) is 1. The lowest BCUT2D eigenvalue weighted by Gasteiger charge is -2.28. The van der Waals surface area contributed by atoms with Crippen LogP contribution in [0.5, 0.6) is 5.75 Å². The number of ether oxygens (including phenoxy) is 1. The molecule has 0 aliphatic rings. The number of carbonyl (C=O) groups excluding carboxylic acids is 1. The van der Waals surface area contributed by atoms with Crippen LogP contribution < -0.4 is 15.8 Å². The first-order valence-electron chi connectivity index (χ1n) is 7.71. The molecule has 0 bridgehead atoms. The summed E-state index contributed by atoms with van der Waals surface area (Å²) in [5.74, 6) is -1.03. The monoisotopic (exact) mass is 452 g/mol. The highest BCUT2D eigenvalue weighted by atomic mass is 32.2. The van der Waals surface area contributed by atoms with Gasteiger partial charge in [-0.1, -0.05) is 20.8 Å². The summed E-state index contributed by atoms with van der Waals surface area (Å²) < 4.78 is 110. The van der Waals surface area contributed by atoms with Gasteiger partial charge in [-0.3, -0.25) is 0 Å². The van der Waals surface area contributed by atoms with E-state index in [1.165, 1.54) is 20.8 Å². The number of benzene rings is 1. The van der Waals surface area contributed by atoms with Crippen molar-refractivity contribution in [2.45, 2.75) is 49.5 Å². The van der Waals surface area contributed by atoms with Crippen LogP contribution in [-0.2, 0) is 19.7 Å². The van der Waals surface area contributed by atoms with E-state index in [-0.39, 0.29) is 5.56 Å². The van der Waals surface area contributed by atoms with Crippen molar-refractivity contribution in [3.63, 3.8) is 0 Å². The first-order valence-corrected chi connectivity index (χ1v) is 9.12. The molecule has 1 rings (SSSR count). The number of anilines is 1. The largest absolute Gasteiger partial charge is 0.469 e. The van der Waals surface area contributed by atoms with Gasteiger partial charge in [-0.25, -0.2) is 4.79 Å². The van der Waals surface area contributed by atoms with Crippen molar-refractivity contribution in [2.75, 3.05) is 12.8 Å². The Morgan fingerprint density at radius 2 is 1.55 bits per heavy atom. The van der Waals surface area contributed by atoms with Crippen LogP contribution in [-0.4, -0.2) is 40.0 Å². The molecule has 0 aromatic heterocycles. The van der Waals surface area contributed by atoms with Gasteiger partial charge in [0.25, 0.3) is 6.10 Å². The van der Waals surface area contributed by atoms with Gasteiger partial charge in [0.2, 0.25) is 0 Å². The third kappa shape index (κ3) is 5.81. The second kappa shape index (κ2) is 7.80. The molecule has 1 amide bonds. The van der Waals surface area contributed by atoms with Gasteiger partial charge in [-0.2, -0.15) is 34.8 Å². The van der Waals surface area contributed by atoms with Gasteiger partial charge < -0.3 is 20.0 Å². The molecule has 0 heterocycles. The van der Waals surface area contributed by atoms with Crippen LogP contribution in [0.25, 0.3) is 0 Å². The summed E-state index contributed by atoms with van der Waals surface area (Å²) in [6.45, 7) is 4.19. The molecule has 0 atom stereocenters. The Hall–Kier alpha value is -2.38. The lowest BCUT2D eigenvalue weighted by Crippen LogP contribution is -2.46. The molecule has 0 radical (unpaired) electrons. The predicted molar refractivity (Wildman–Crippen MR) is 88.8 cm³/mol. The van der Waals surface area contributed by atoms with E-state index in [1.54, 1.807) is 0 Å². The molecule has 7 nitrogen and oxygen atoms in total. The van der Waals surface area contributed by atoms with Crippen molar-refractivity contribution in [2.24, 2.45) is 0 Å². The molecular formula is C15H18F6N2O5S. The van der Waals surface area contributed by atoms with Crippen LogP contribution in [0.3, 0.4) is 0 Å². The van der Waals surface area contributed by atoms with Crippen LogP contribution in [0.15, 0.2) is 17.0 Å². The van der Waals surface area contributed by atoms with Gasteiger partial charge >= 0.3 is 28.6 Å². The number of alkyl halides is 6. The number of hydrogen-bond donors (Lipinski definition) is 2. The van der Waals surface area contributed by atoms with E-state index >= 15 is 0 Å². The number of hydrogen-bond acceptors (Lipinski definition) is 6. The second-order valence-electron chi connectivity index (χ2n) is 6.76. The third-order valence-corrected chi connectivity index (χ3v) is 4.67. The maximum Gasteiger partial charge on any atom is 0.434 e. The number of halogens is 6. The minimum Gasteiger partial charge on any atom is -0.469 e. The Kier molecular flexibility index (Phi) is 6.63. The molecule has 3 N–H and O–H groups in total. The summed E-state index contributed by atoms with van der Waals surface area (Å²) in [4.78, 5) is 10.5. The van der Waals surface area contributed by atoms with Gasteiger partial charge in [-0.15, -0.1) is 0 Å². The van der Waals surface area contributed by atoms with Crippen molar-refractivity contribution in [3.8, 4) is 5.75 Å². The summed E-state index contributed by atoms with van der Waals surface area (Å²) in [5.41, 5.74) is 3.31. The SMILES string of the molecule is CNC(=O)OS(=O)(=O)c1ccc(OC(C(F)(F)F)C(F)(F)F)c(N)c1C(C)(C)C. The fourth-order valence-corrected chi connectivity index (χ4v) is 3.57. The molecule has 14 heteroatoms. The number of rotatable bonds is 4. The first kappa shape index (κ1) is 24.7.